The minimum Gasteiger partial charge on any atom is -0.444 e. The number of carbonyl (C=O) groups excluding carboxylic acids is 1. The Morgan fingerprint density at radius 2 is 1.48 bits per heavy atom. The summed E-state index contributed by atoms with van der Waals surface area (Å²) in [4.78, 5) is 16.8. The van der Waals surface area contributed by atoms with Crippen molar-refractivity contribution in [2.45, 2.75) is 64.3 Å². The van der Waals surface area contributed by atoms with Crippen LogP contribution in [0.2, 0.25) is 0 Å². The fourth-order valence-electron chi connectivity index (χ4n) is 4.65. The number of piperazine rings is 1. The van der Waals surface area contributed by atoms with Gasteiger partial charge in [-0.05, 0) is 69.5 Å². The van der Waals surface area contributed by atoms with Crippen LogP contribution in [0, 0.1) is 11.6 Å². The summed E-state index contributed by atoms with van der Waals surface area (Å²) >= 11 is 0. The average Bonchev–Trinajstić information content (AvgIpc) is 2.75. The number of nitrogens with zero attached hydrogens (tertiary/aromatic N) is 2. The molecule has 3 rings (SSSR count). The predicted octanol–water partition coefficient (Wildman–Crippen LogP) is 4.92. The molecule has 5 nitrogen and oxygen atoms in total. The highest BCUT2D eigenvalue weighted by Gasteiger charge is 2.47. The van der Waals surface area contributed by atoms with Crippen LogP contribution in [0.4, 0.5) is 13.6 Å². The maximum absolute atomic E-state index is 13.8. The van der Waals surface area contributed by atoms with Crippen LogP contribution >= 0.6 is 0 Å². The Balaban J connectivity index is 2.07. The molecular weight excluding hydrogens is 426 g/mol. The molecule has 2 aromatic rings. The molecule has 1 N–H and O–H groups in total. The molecule has 180 valence electrons. The molecule has 2 atom stereocenters. The molecule has 0 spiro atoms. The van der Waals surface area contributed by atoms with Crippen molar-refractivity contribution in [3.05, 3.63) is 71.3 Å². The number of hydrogen-bond acceptors (Lipinski definition) is 4. The Bertz CT molecular complexity index is 896. The van der Waals surface area contributed by atoms with Crippen LogP contribution in [0.1, 0.15) is 52.2 Å². The molecule has 1 amide bonds. The van der Waals surface area contributed by atoms with Crippen LogP contribution in [0.15, 0.2) is 48.5 Å². The van der Waals surface area contributed by atoms with Gasteiger partial charge in [-0.15, -0.1) is 0 Å². The molecule has 1 aliphatic heterocycles. The Hall–Kier alpha value is -2.51. The van der Waals surface area contributed by atoms with Crippen LogP contribution in [0.25, 0.3) is 0 Å². The molecule has 0 bridgehead atoms. The van der Waals surface area contributed by atoms with Gasteiger partial charge in [0.05, 0.1) is 12.1 Å². The number of benzene rings is 2. The SMILES string of the molecule is CC[C@@H]1CN(C(=O)OC(C)(C)C)[C@@H](C)CN1C(CO)(c1ccc(F)cc1)c1ccc(F)cc1. The van der Waals surface area contributed by atoms with Gasteiger partial charge in [0.25, 0.3) is 0 Å². The highest BCUT2D eigenvalue weighted by molar-refractivity contribution is 5.69. The van der Waals surface area contributed by atoms with Crippen molar-refractivity contribution in [2.24, 2.45) is 0 Å². The van der Waals surface area contributed by atoms with E-state index < -0.39 is 11.1 Å². The second-order valence-corrected chi connectivity index (χ2v) is 9.73. The Kier molecular flexibility index (Phi) is 7.44. The Morgan fingerprint density at radius 3 is 1.88 bits per heavy atom. The van der Waals surface area contributed by atoms with Gasteiger partial charge in [-0.1, -0.05) is 31.2 Å². The van der Waals surface area contributed by atoms with Crippen LogP contribution in [0.3, 0.4) is 0 Å². The number of carbonyl (C=O) groups is 1. The topological polar surface area (TPSA) is 53.0 Å². The molecule has 0 radical (unpaired) electrons. The van der Waals surface area contributed by atoms with Gasteiger partial charge >= 0.3 is 6.09 Å². The Labute approximate surface area is 195 Å². The number of rotatable bonds is 5. The molecule has 33 heavy (non-hydrogen) atoms. The molecule has 0 aliphatic carbocycles. The van der Waals surface area contributed by atoms with Gasteiger partial charge in [0.15, 0.2) is 0 Å². The van der Waals surface area contributed by atoms with Crippen molar-refractivity contribution in [3.63, 3.8) is 0 Å². The first-order valence-corrected chi connectivity index (χ1v) is 11.4. The highest BCUT2D eigenvalue weighted by atomic mass is 19.1. The molecule has 1 saturated heterocycles. The number of ether oxygens (including phenoxy) is 1. The van der Waals surface area contributed by atoms with E-state index in [0.29, 0.717) is 30.6 Å². The summed E-state index contributed by atoms with van der Waals surface area (Å²) in [7, 11) is 0. The smallest absolute Gasteiger partial charge is 0.410 e. The number of amides is 1. The molecule has 1 aliphatic rings. The van der Waals surface area contributed by atoms with Crippen molar-refractivity contribution in [1.82, 2.24) is 9.80 Å². The maximum Gasteiger partial charge on any atom is 0.410 e. The first-order chi connectivity index (χ1) is 15.5. The lowest BCUT2D eigenvalue weighted by Gasteiger charge is -2.53. The molecule has 7 heteroatoms. The fraction of sp³-hybridized carbons (Fsp3) is 0.500. The highest BCUT2D eigenvalue weighted by Crippen LogP contribution is 2.40. The Morgan fingerprint density at radius 1 is 1.00 bits per heavy atom. The predicted molar refractivity (Wildman–Crippen MR) is 124 cm³/mol. The zero-order chi connectivity index (χ0) is 24.4. The van der Waals surface area contributed by atoms with Crippen LogP contribution in [-0.4, -0.2) is 58.4 Å². The summed E-state index contributed by atoms with van der Waals surface area (Å²) in [6.45, 7) is 10.1. The lowest BCUT2D eigenvalue weighted by molar-refractivity contribution is -0.0551. The quantitative estimate of drug-likeness (QED) is 0.688. The minimum absolute atomic E-state index is 0.115. The van der Waals surface area contributed by atoms with E-state index in [4.69, 9.17) is 4.74 Å². The van der Waals surface area contributed by atoms with Gasteiger partial charge in [-0.2, -0.15) is 0 Å². The average molecular weight is 461 g/mol. The van der Waals surface area contributed by atoms with E-state index in [9.17, 15) is 18.7 Å². The van der Waals surface area contributed by atoms with Gasteiger partial charge < -0.3 is 14.7 Å². The van der Waals surface area contributed by atoms with Gasteiger partial charge in [0.2, 0.25) is 0 Å². The minimum atomic E-state index is -1.03. The second kappa shape index (κ2) is 9.77. The number of halogens is 2. The van der Waals surface area contributed by atoms with E-state index in [0.717, 1.165) is 0 Å². The standard InChI is InChI=1S/C26H34F2N2O3/c1-6-23-16-29(24(32)33-25(3,4)5)18(2)15-30(23)26(17-31,19-7-11-21(27)12-8-19)20-9-13-22(28)14-10-20/h7-14,18,23,31H,6,15-17H2,1-5H3/t18-,23+/m0/s1. The monoisotopic (exact) mass is 460 g/mol. The molecule has 0 saturated carbocycles. The number of aliphatic hydroxyl groups is 1. The van der Waals surface area contributed by atoms with Crippen molar-refractivity contribution in [3.8, 4) is 0 Å². The summed E-state index contributed by atoms with van der Waals surface area (Å²) in [5.41, 5.74) is -0.230. The van der Waals surface area contributed by atoms with E-state index in [1.807, 2.05) is 34.6 Å². The lowest BCUT2D eigenvalue weighted by atomic mass is 9.79. The van der Waals surface area contributed by atoms with Gasteiger partial charge in [0, 0.05) is 25.2 Å². The molecule has 0 unspecified atom stereocenters. The third kappa shape index (κ3) is 5.20. The summed E-state index contributed by atoms with van der Waals surface area (Å²) in [6.07, 6.45) is 0.335. The second-order valence-electron chi connectivity index (χ2n) is 9.73. The summed E-state index contributed by atoms with van der Waals surface area (Å²) in [5, 5.41) is 10.9. The zero-order valence-corrected chi connectivity index (χ0v) is 20.0. The maximum atomic E-state index is 13.8. The van der Waals surface area contributed by atoms with Gasteiger partial charge in [-0.25, -0.2) is 13.6 Å². The lowest BCUT2D eigenvalue weighted by Crippen LogP contribution is -2.66. The fourth-order valence-corrected chi connectivity index (χ4v) is 4.65. The van der Waals surface area contributed by atoms with Crippen molar-refractivity contribution in [1.29, 1.82) is 0 Å². The van der Waals surface area contributed by atoms with E-state index in [-0.39, 0.29) is 36.4 Å². The zero-order valence-electron chi connectivity index (χ0n) is 20.0. The normalized spacial score (nSPS) is 20.1. The summed E-state index contributed by atoms with van der Waals surface area (Å²) in [6, 6.07) is 11.8. The first-order valence-electron chi connectivity index (χ1n) is 11.4. The van der Waals surface area contributed by atoms with Crippen LogP contribution in [-0.2, 0) is 10.3 Å². The summed E-state index contributed by atoms with van der Waals surface area (Å²) < 4.78 is 33.2. The van der Waals surface area contributed by atoms with E-state index in [1.165, 1.54) is 24.3 Å². The molecule has 2 aromatic carbocycles. The molecule has 0 aromatic heterocycles. The van der Waals surface area contributed by atoms with E-state index in [2.05, 4.69) is 4.90 Å². The van der Waals surface area contributed by atoms with Crippen molar-refractivity contribution >= 4 is 6.09 Å². The van der Waals surface area contributed by atoms with Crippen LogP contribution < -0.4 is 0 Å². The first kappa shape index (κ1) is 25.1. The molecule has 1 heterocycles. The number of aliphatic hydroxyl groups excluding tert-OH is 1. The summed E-state index contributed by atoms with van der Waals surface area (Å²) in [5.74, 6) is -0.750. The van der Waals surface area contributed by atoms with E-state index >= 15 is 0 Å². The van der Waals surface area contributed by atoms with Crippen molar-refractivity contribution in [2.75, 3.05) is 19.7 Å². The largest absolute Gasteiger partial charge is 0.444 e. The van der Waals surface area contributed by atoms with Gasteiger partial charge in [0.1, 0.15) is 17.2 Å². The molecule has 1 fully saturated rings. The number of hydrogen-bond donors (Lipinski definition) is 1. The van der Waals surface area contributed by atoms with Crippen LogP contribution in [0.5, 0.6) is 0 Å². The van der Waals surface area contributed by atoms with E-state index in [1.54, 1.807) is 29.2 Å². The third-order valence-corrected chi connectivity index (χ3v) is 6.30. The molecular formula is C26H34F2N2O3. The van der Waals surface area contributed by atoms with Gasteiger partial charge in [-0.3, -0.25) is 4.90 Å². The van der Waals surface area contributed by atoms with Crippen molar-refractivity contribution < 1.29 is 23.4 Å². The third-order valence-electron chi connectivity index (χ3n) is 6.30.